The van der Waals surface area contributed by atoms with Crippen molar-refractivity contribution in [3.8, 4) is 5.95 Å². The molecule has 7 nitrogen and oxygen atoms in total. The van der Waals surface area contributed by atoms with Crippen molar-refractivity contribution in [1.29, 1.82) is 0 Å². The maximum Gasteiger partial charge on any atom is 0.241 e. The van der Waals surface area contributed by atoms with Crippen LogP contribution in [0.3, 0.4) is 0 Å². The van der Waals surface area contributed by atoms with Crippen LogP contribution in [0.2, 0.25) is 0 Å². The summed E-state index contributed by atoms with van der Waals surface area (Å²) in [6.07, 6.45) is 8.66. The lowest BCUT2D eigenvalue weighted by Crippen LogP contribution is -2.30. The van der Waals surface area contributed by atoms with Crippen LogP contribution in [0.1, 0.15) is 33.1 Å². The molecular weight excluding hydrogens is 266 g/mol. The molecular formula is C14H21N7. The summed E-state index contributed by atoms with van der Waals surface area (Å²) in [6, 6.07) is 0.543. The van der Waals surface area contributed by atoms with Gasteiger partial charge in [-0.3, -0.25) is 4.57 Å². The van der Waals surface area contributed by atoms with E-state index >= 15 is 0 Å². The Morgan fingerprint density at radius 2 is 2.14 bits per heavy atom. The van der Waals surface area contributed by atoms with E-state index in [0.29, 0.717) is 23.9 Å². The summed E-state index contributed by atoms with van der Waals surface area (Å²) >= 11 is 0. The van der Waals surface area contributed by atoms with E-state index in [1.165, 1.54) is 12.8 Å². The molecule has 1 aliphatic rings. The SMILES string of the molecule is CC(C)CCN(c1nc(N)nc(-n2ccnc2)n1)C1CC1. The van der Waals surface area contributed by atoms with E-state index < -0.39 is 0 Å². The Bertz CT molecular complexity index is 589. The first-order chi connectivity index (χ1) is 10.1. The predicted molar refractivity (Wildman–Crippen MR) is 81.2 cm³/mol. The summed E-state index contributed by atoms with van der Waals surface area (Å²) in [6.45, 7) is 5.41. The Kier molecular flexibility index (Phi) is 3.72. The van der Waals surface area contributed by atoms with Gasteiger partial charge in [0.05, 0.1) is 0 Å². The Labute approximate surface area is 124 Å². The standard InChI is InChI=1S/C14H21N7/c1-10(2)5-7-21(11-3-4-11)14-18-12(15)17-13(19-14)20-8-6-16-9-20/h6,8-11H,3-5,7H2,1-2H3,(H2,15,17,18,19). The van der Waals surface area contributed by atoms with Gasteiger partial charge in [-0.05, 0) is 25.2 Å². The summed E-state index contributed by atoms with van der Waals surface area (Å²) in [5.74, 6) is 2.09. The van der Waals surface area contributed by atoms with Crippen molar-refractivity contribution < 1.29 is 0 Å². The first kappa shape index (κ1) is 13.8. The minimum absolute atomic E-state index is 0.249. The normalized spacial score (nSPS) is 14.6. The average Bonchev–Trinajstić information content (AvgIpc) is 3.12. The van der Waals surface area contributed by atoms with Crippen LogP contribution in [-0.4, -0.2) is 37.1 Å². The van der Waals surface area contributed by atoms with E-state index in [2.05, 4.69) is 38.7 Å². The van der Waals surface area contributed by atoms with Crippen LogP contribution in [0.15, 0.2) is 18.7 Å². The molecule has 21 heavy (non-hydrogen) atoms. The van der Waals surface area contributed by atoms with Crippen LogP contribution in [0.5, 0.6) is 0 Å². The van der Waals surface area contributed by atoms with E-state index in [4.69, 9.17) is 5.73 Å². The number of aromatic nitrogens is 5. The molecule has 1 fully saturated rings. The van der Waals surface area contributed by atoms with Gasteiger partial charge >= 0.3 is 0 Å². The van der Waals surface area contributed by atoms with Gasteiger partial charge in [0.25, 0.3) is 0 Å². The molecule has 0 unspecified atom stereocenters. The lowest BCUT2D eigenvalue weighted by molar-refractivity contribution is 0.565. The number of nitrogen functional groups attached to an aromatic ring is 1. The minimum Gasteiger partial charge on any atom is -0.368 e. The number of imidazole rings is 1. The number of nitrogens with zero attached hydrogens (tertiary/aromatic N) is 6. The summed E-state index contributed by atoms with van der Waals surface area (Å²) in [5.41, 5.74) is 5.86. The number of nitrogens with two attached hydrogens (primary N) is 1. The summed E-state index contributed by atoms with van der Waals surface area (Å²) in [5, 5.41) is 0. The second-order valence-electron chi connectivity index (χ2n) is 5.87. The van der Waals surface area contributed by atoms with Crippen LogP contribution in [0, 0.1) is 5.92 Å². The van der Waals surface area contributed by atoms with Crippen molar-refractivity contribution in [3.05, 3.63) is 18.7 Å². The molecule has 1 aliphatic carbocycles. The van der Waals surface area contributed by atoms with Crippen LogP contribution in [0.4, 0.5) is 11.9 Å². The van der Waals surface area contributed by atoms with Crippen LogP contribution in [0.25, 0.3) is 5.95 Å². The highest BCUT2D eigenvalue weighted by atomic mass is 15.3. The third kappa shape index (κ3) is 3.29. The van der Waals surface area contributed by atoms with E-state index in [-0.39, 0.29) is 5.95 Å². The highest BCUT2D eigenvalue weighted by Crippen LogP contribution is 2.30. The Hall–Kier alpha value is -2.18. The van der Waals surface area contributed by atoms with Crippen molar-refractivity contribution in [1.82, 2.24) is 24.5 Å². The van der Waals surface area contributed by atoms with E-state index in [1.807, 2.05) is 0 Å². The topological polar surface area (TPSA) is 85.8 Å². The zero-order chi connectivity index (χ0) is 14.8. The van der Waals surface area contributed by atoms with Crippen molar-refractivity contribution in [2.24, 2.45) is 5.92 Å². The van der Waals surface area contributed by atoms with Gasteiger partial charge in [0.1, 0.15) is 6.33 Å². The van der Waals surface area contributed by atoms with Gasteiger partial charge < -0.3 is 10.6 Å². The van der Waals surface area contributed by atoms with Gasteiger partial charge in [0.2, 0.25) is 17.8 Å². The third-order valence-electron chi connectivity index (χ3n) is 3.56. The molecule has 0 radical (unpaired) electrons. The molecule has 112 valence electrons. The molecule has 1 saturated carbocycles. The number of anilines is 2. The maximum absolute atomic E-state index is 5.86. The fraction of sp³-hybridized carbons (Fsp3) is 0.571. The van der Waals surface area contributed by atoms with Gasteiger partial charge in [-0.25, -0.2) is 4.98 Å². The molecule has 0 aliphatic heterocycles. The largest absolute Gasteiger partial charge is 0.368 e. The van der Waals surface area contributed by atoms with Crippen LogP contribution >= 0.6 is 0 Å². The molecule has 0 amide bonds. The molecule has 0 aromatic carbocycles. The van der Waals surface area contributed by atoms with Gasteiger partial charge in [0.15, 0.2) is 0 Å². The highest BCUT2D eigenvalue weighted by Gasteiger charge is 2.31. The van der Waals surface area contributed by atoms with Gasteiger partial charge in [0, 0.05) is 25.0 Å². The molecule has 0 atom stereocenters. The molecule has 2 N–H and O–H groups in total. The van der Waals surface area contributed by atoms with Gasteiger partial charge in [-0.1, -0.05) is 13.8 Å². The maximum atomic E-state index is 5.86. The monoisotopic (exact) mass is 287 g/mol. The van der Waals surface area contributed by atoms with Gasteiger partial charge in [-0.15, -0.1) is 0 Å². The summed E-state index contributed by atoms with van der Waals surface area (Å²) in [7, 11) is 0. The second-order valence-corrected chi connectivity index (χ2v) is 5.87. The van der Waals surface area contributed by atoms with Crippen LogP contribution in [-0.2, 0) is 0 Å². The smallest absolute Gasteiger partial charge is 0.241 e. The zero-order valence-corrected chi connectivity index (χ0v) is 12.5. The Morgan fingerprint density at radius 1 is 1.33 bits per heavy atom. The number of rotatable bonds is 6. The summed E-state index contributed by atoms with van der Waals surface area (Å²) < 4.78 is 1.75. The lowest BCUT2D eigenvalue weighted by Gasteiger charge is -2.23. The van der Waals surface area contributed by atoms with Crippen LogP contribution < -0.4 is 10.6 Å². The van der Waals surface area contributed by atoms with Crippen molar-refractivity contribution in [2.45, 2.75) is 39.2 Å². The minimum atomic E-state index is 0.249. The van der Waals surface area contributed by atoms with Crippen molar-refractivity contribution in [3.63, 3.8) is 0 Å². The van der Waals surface area contributed by atoms with Crippen molar-refractivity contribution >= 4 is 11.9 Å². The first-order valence-corrected chi connectivity index (χ1v) is 7.40. The quantitative estimate of drug-likeness (QED) is 0.869. The van der Waals surface area contributed by atoms with Crippen molar-refractivity contribution in [2.75, 3.05) is 17.2 Å². The third-order valence-corrected chi connectivity index (χ3v) is 3.56. The number of hydrogen-bond acceptors (Lipinski definition) is 6. The zero-order valence-electron chi connectivity index (χ0n) is 12.5. The lowest BCUT2D eigenvalue weighted by atomic mass is 10.1. The molecule has 0 bridgehead atoms. The van der Waals surface area contributed by atoms with E-state index in [9.17, 15) is 0 Å². The average molecular weight is 287 g/mol. The predicted octanol–water partition coefficient (Wildman–Crippen LogP) is 1.65. The molecule has 2 aromatic rings. The van der Waals surface area contributed by atoms with E-state index in [0.717, 1.165) is 13.0 Å². The molecule has 2 aromatic heterocycles. The molecule has 0 saturated heterocycles. The Morgan fingerprint density at radius 3 is 2.76 bits per heavy atom. The highest BCUT2D eigenvalue weighted by molar-refractivity contribution is 5.40. The van der Waals surface area contributed by atoms with E-state index in [1.54, 1.807) is 23.3 Å². The molecule has 7 heteroatoms. The fourth-order valence-electron chi connectivity index (χ4n) is 2.22. The second kappa shape index (κ2) is 5.67. The summed E-state index contributed by atoms with van der Waals surface area (Å²) in [4.78, 5) is 19.4. The molecule has 3 rings (SSSR count). The Balaban J connectivity index is 1.88. The fourth-order valence-corrected chi connectivity index (χ4v) is 2.22. The van der Waals surface area contributed by atoms with Gasteiger partial charge in [-0.2, -0.15) is 15.0 Å². The molecule has 0 spiro atoms. The number of hydrogen-bond donors (Lipinski definition) is 1. The molecule has 2 heterocycles. The first-order valence-electron chi connectivity index (χ1n) is 7.40.